The molecule has 166 valence electrons. The fourth-order valence-electron chi connectivity index (χ4n) is 3.80. The number of ketones is 1. The highest BCUT2D eigenvalue weighted by Gasteiger charge is 2.35. The first-order chi connectivity index (χ1) is 15.2. The van der Waals surface area contributed by atoms with Crippen molar-refractivity contribution in [2.24, 2.45) is 0 Å². The number of pyridine rings is 1. The summed E-state index contributed by atoms with van der Waals surface area (Å²) in [6.45, 7) is 2.10. The molecule has 0 bridgehead atoms. The summed E-state index contributed by atoms with van der Waals surface area (Å²) in [5, 5.41) is 7.16. The Morgan fingerprint density at radius 2 is 1.94 bits per heavy atom. The van der Waals surface area contributed by atoms with E-state index in [-0.39, 0.29) is 30.5 Å². The Kier molecular flexibility index (Phi) is 5.45. The number of nitrogens with zero attached hydrogens (tertiary/aromatic N) is 4. The van der Waals surface area contributed by atoms with Gasteiger partial charge in [-0.1, -0.05) is 0 Å². The number of amides is 1. The first kappa shape index (κ1) is 21.5. The van der Waals surface area contributed by atoms with Crippen molar-refractivity contribution in [2.45, 2.75) is 25.6 Å². The molecule has 1 N–H and O–H groups in total. The first-order valence-corrected chi connectivity index (χ1v) is 9.92. The molecule has 32 heavy (non-hydrogen) atoms. The molecule has 0 saturated heterocycles. The molecular weight excluding hydrogens is 423 g/mol. The third kappa shape index (κ3) is 3.83. The highest BCUT2D eigenvalue weighted by molar-refractivity contribution is 6.08. The fraction of sp³-hybridized carbons (Fsp3) is 0.273. The number of Topliss-reactive ketones (excluding diaryl/α,β-unsaturated/α-hetero) is 1. The van der Waals surface area contributed by atoms with Gasteiger partial charge in [-0.25, -0.2) is 4.98 Å². The number of fused-ring (bicyclic) bond motifs is 1. The van der Waals surface area contributed by atoms with Gasteiger partial charge in [0, 0.05) is 37.5 Å². The van der Waals surface area contributed by atoms with Gasteiger partial charge in [0.05, 0.1) is 23.4 Å². The van der Waals surface area contributed by atoms with E-state index in [1.54, 1.807) is 30.1 Å². The Labute approximate surface area is 181 Å². The van der Waals surface area contributed by atoms with Crippen LogP contribution in [0.1, 0.15) is 44.9 Å². The highest BCUT2D eigenvalue weighted by Crippen LogP contribution is 2.33. The van der Waals surface area contributed by atoms with Gasteiger partial charge in [-0.05, 0) is 43.3 Å². The molecule has 0 spiro atoms. The number of benzene rings is 1. The number of hydrogen-bond donors (Lipinski definition) is 1. The van der Waals surface area contributed by atoms with Crippen molar-refractivity contribution in [1.82, 2.24) is 14.8 Å². The predicted molar refractivity (Wildman–Crippen MR) is 112 cm³/mol. The number of rotatable bonds is 5. The number of hydrogen-bond acceptors (Lipinski definition) is 5. The van der Waals surface area contributed by atoms with Crippen LogP contribution in [0.4, 0.5) is 24.7 Å². The molecule has 1 atom stereocenters. The molecule has 1 aliphatic rings. The molecular formula is C22H20F3N5O2. The summed E-state index contributed by atoms with van der Waals surface area (Å²) in [4.78, 5) is 31.7. The van der Waals surface area contributed by atoms with Crippen molar-refractivity contribution in [3.63, 3.8) is 0 Å². The number of nitrogens with one attached hydrogen (secondary N) is 1. The van der Waals surface area contributed by atoms with Crippen molar-refractivity contribution in [3.8, 4) is 0 Å². The lowest BCUT2D eigenvalue weighted by molar-refractivity contribution is -0.137. The van der Waals surface area contributed by atoms with E-state index in [4.69, 9.17) is 0 Å². The second-order valence-corrected chi connectivity index (χ2v) is 7.52. The van der Waals surface area contributed by atoms with Crippen LogP contribution in [0.5, 0.6) is 0 Å². The summed E-state index contributed by atoms with van der Waals surface area (Å²) in [6.07, 6.45) is -1.46. The summed E-state index contributed by atoms with van der Waals surface area (Å²) in [7, 11) is 1.66. The van der Waals surface area contributed by atoms with E-state index < -0.39 is 17.6 Å². The third-order valence-corrected chi connectivity index (χ3v) is 5.39. The first-order valence-electron chi connectivity index (χ1n) is 9.92. The summed E-state index contributed by atoms with van der Waals surface area (Å²) in [5.74, 6) is -0.210. The molecule has 3 aromatic rings. The van der Waals surface area contributed by atoms with Crippen LogP contribution in [-0.2, 0) is 12.6 Å². The van der Waals surface area contributed by atoms with Gasteiger partial charge in [0.25, 0.3) is 5.91 Å². The Bertz CT molecular complexity index is 1170. The van der Waals surface area contributed by atoms with Gasteiger partial charge in [-0.15, -0.1) is 0 Å². The number of carbonyl (C=O) groups is 2. The van der Waals surface area contributed by atoms with Crippen LogP contribution in [0, 0.1) is 0 Å². The van der Waals surface area contributed by atoms with Gasteiger partial charge in [-0.2, -0.15) is 18.3 Å². The lowest BCUT2D eigenvalue weighted by Gasteiger charge is -2.32. The van der Waals surface area contributed by atoms with Crippen molar-refractivity contribution >= 4 is 23.2 Å². The molecule has 0 saturated carbocycles. The Balaban J connectivity index is 1.64. The zero-order chi connectivity index (χ0) is 23.0. The van der Waals surface area contributed by atoms with E-state index >= 15 is 0 Å². The van der Waals surface area contributed by atoms with Gasteiger partial charge in [0.2, 0.25) is 0 Å². The maximum atomic E-state index is 13.3. The smallest absolute Gasteiger partial charge is 0.373 e. The molecule has 3 heterocycles. The zero-order valence-electron chi connectivity index (χ0n) is 17.3. The summed E-state index contributed by atoms with van der Waals surface area (Å²) in [6, 6.07) is 7.53. The lowest BCUT2D eigenvalue weighted by Crippen LogP contribution is -2.43. The van der Waals surface area contributed by atoms with Crippen LogP contribution >= 0.6 is 0 Å². The third-order valence-electron chi connectivity index (χ3n) is 5.39. The summed E-state index contributed by atoms with van der Waals surface area (Å²) in [5.41, 5.74) is 0.670. The Hall–Kier alpha value is -3.69. The van der Waals surface area contributed by atoms with Crippen LogP contribution in [-0.4, -0.2) is 40.0 Å². The van der Waals surface area contributed by atoms with E-state index in [9.17, 15) is 22.8 Å². The molecule has 1 aromatic carbocycles. The molecule has 1 aliphatic heterocycles. The normalized spacial score (nSPS) is 16.1. The quantitative estimate of drug-likeness (QED) is 0.604. The van der Waals surface area contributed by atoms with Crippen LogP contribution < -0.4 is 10.2 Å². The van der Waals surface area contributed by atoms with Crippen LogP contribution in [0.3, 0.4) is 0 Å². The van der Waals surface area contributed by atoms with E-state index in [2.05, 4.69) is 15.4 Å². The van der Waals surface area contributed by atoms with Gasteiger partial charge >= 0.3 is 6.18 Å². The monoisotopic (exact) mass is 443 g/mol. The molecule has 10 heteroatoms. The fourth-order valence-corrected chi connectivity index (χ4v) is 3.80. The van der Waals surface area contributed by atoms with E-state index in [0.29, 0.717) is 22.6 Å². The van der Waals surface area contributed by atoms with Crippen molar-refractivity contribution < 1.29 is 22.8 Å². The number of anilines is 2. The predicted octanol–water partition coefficient (Wildman–Crippen LogP) is 3.99. The second-order valence-electron chi connectivity index (χ2n) is 7.52. The minimum atomic E-state index is -4.46. The SMILES string of the molecule is CNc1ncccc1C(=O)Cc1cnn2c1C(=O)N(c1ccc(C(F)(F)F)cc1)C[C@@H]2C. The molecule has 0 unspecified atom stereocenters. The van der Waals surface area contributed by atoms with Crippen LogP contribution in [0.25, 0.3) is 0 Å². The number of aromatic nitrogens is 3. The maximum Gasteiger partial charge on any atom is 0.416 e. The average molecular weight is 443 g/mol. The van der Waals surface area contributed by atoms with Crippen molar-refractivity contribution in [3.05, 3.63) is 71.2 Å². The van der Waals surface area contributed by atoms with Gasteiger partial charge in [0.1, 0.15) is 11.5 Å². The average Bonchev–Trinajstić information content (AvgIpc) is 3.20. The zero-order valence-corrected chi connectivity index (χ0v) is 17.3. The molecule has 0 fully saturated rings. The van der Waals surface area contributed by atoms with E-state index in [1.807, 2.05) is 6.92 Å². The van der Waals surface area contributed by atoms with Gasteiger partial charge < -0.3 is 10.2 Å². The maximum absolute atomic E-state index is 13.3. The number of carbonyl (C=O) groups excluding carboxylic acids is 2. The standard InChI is InChI=1S/C22H20F3N5O2/c1-13-12-29(16-7-5-15(6-8-16)22(23,24)25)21(32)19-14(11-28-30(13)19)10-18(31)17-4-3-9-27-20(17)26-2/h3-9,11,13H,10,12H2,1-2H3,(H,26,27)/t13-/m0/s1. The minimum Gasteiger partial charge on any atom is -0.373 e. The van der Waals surface area contributed by atoms with Crippen molar-refractivity contribution in [1.29, 1.82) is 0 Å². The van der Waals surface area contributed by atoms with Crippen LogP contribution in [0.2, 0.25) is 0 Å². The number of alkyl halides is 3. The molecule has 1 amide bonds. The lowest BCUT2D eigenvalue weighted by atomic mass is 10.0. The molecule has 0 radical (unpaired) electrons. The van der Waals surface area contributed by atoms with Gasteiger partial charge in [-0.3, -0.25) is 14.3 Å². The largest absolute Gasteiger partial charge is 0.416 e. The minimum absolute atomic E-state index is 0.0605. The molecule has 2 aromatic heterocycles. The van der Waals surface area contributed by atoms with Crippen molar-refractivity contribution in [2.75, 3.05) is 23.8 Å². The topological polar surface area (TPSA) is 80.1 Å². The second kappa shape index (κ2) is 8.10. The highest BCUT2D eigenvalue weighted by atomic mass is 19.4. The van der Waals surface area contributed by atoms with E-state index in [1.165, 1.54) is 23.2 Å². The van der Waals surface area contributed by atoms with Gasteiger partial charge in [0.15, 0.2) is 5.78 Å². The summed E-state index contributed by atoms with van der Waals surface area (Å²) >= 11 is 0. The van der Waals surface area contributed by atoms with E-state index in [0.717, 1.165) is 12.1 Å². The van der Waals surface area contributed by atoms with Crippen LogP contribution in [0.15, 0.2) is 48.8 Å². The Morgan fingerprint density at radius 3 is 2.59 bits per heavy atom. The summed E-state index contributed by atoms with van der Waals surface area (Å²) < 4.78 is 40.2. The molecule has 0 aliphatic carbocycles. The molecule has 4 rings (SSSR count). The number of halogens is 3. The Morgan fingerprint density at radius 1 is 1.22 bits per heavy atom. The molecule has 7 nitrogen and oxygen atoms in total.